The van der Waals surface area contributed by atoms with Gasteiger partial charge >= 0.3 is 5.97 Å². The minimum atomic E-state index is -1.83. The van der Waals surface area contributed by atoms with Crippen molar-refractivity contribution in [3.8, 4) is 6.07 Å². The van der Waals surface area contributed by atoms with Crippen molar-refractivity contribution in [2.75, 3.05) is 0 Å². The van der Waals surface area contributed by atoms with Crippen molar-refractivity contribution >= 4 is 17.6 Å². The van der Waals surface area contributed by atoms with Crippen molar-refractivity contribution in [1.82, 2.24) is 5.32 Å². The van der Waals surface area contributed by atoms with Gasteiger partial charge in [0.1, 0.15) is 17.3 Å². The van der Waals surface area contributed by atoms with E-state index < -0.39 is 46.8 Å². The van der Waals surface area contributed by atoms with Crippen LogP contribution in [0.3, 0.4) is 0 Å². The molecule has 31 heavy (non-hydrogen) atoms. The van der Waals surface area contributed by atoms with Gasteiger partial charge in [0, 0.05) is 22.5 Å². The van der Waals surface area contributed by atoms with Crippen molar-refractivity contribution in [1.29, 1.82) is 5.26 Å². The molecule has 2 aromatic carbocycles. The average molecular weight is 451 g/mol. The Morgan fingerprint density at radius 2 is 1.90 bits per heavy atom. The highest BCUT2D eigenvalue weighted by Crippen LogP contribution is 2.52. The molecule has 1 aliphatic rings. The fourth-order valence-corrected chi connectivity index (χ4v) is 4.70. The minimum absolute atomic E-state index is 0.0935. The van der Waals surface area contributed by atoms with E-state index in [1.165, 1.54) is 24.3 Å². The normalized spacial score (nSPS) is 25.9. The van der Waals surface area contributed by atoms with Gasteiger partial charge in [-0.2, -0.15) is 5.26 Å². The van der Waals surface area contributed by atoms with Crippen LogP contribution in [0.1, 0.15) is 44.2 Å². The Morgan fingerprint density at radius 3 is 2.45 bits per heavy atom. The number of halogens is 4. The molecule has 2 aromatic rings. The molecule has 164 valence electrons. The number of aliphatic carboxylic acids is 1. The first kappa shape index (κ1) is 23.1. The van der Waals surface area contributed by atoms with E-state index in [0.717, 1.165) is 12.1 Å². The number of hydrogen-bond donors (Lipinski definition) is 2. The van der Waals surface area contributed by atoms with Crippen LogP contribution in [-0.2, 0) is 10.2 Å². The summed E-state index contributed by atoms with van der Waals surface area (Å²) in [6.07, 6.45) is 0.278. The van der Waals surface area contributed by atoms with Crippen LogP contribution in [0.15, 0.2) is 36.4 Å². The van der Waals surface area contributed by atoms with Crippen molar-refractivity contribution in [2.24, 2.45) is 5.41 Å². The lowest BCUT2D eigenvalue weighted by Crippen LogP contribution is -2.44. The Balaban J connectivity index is 2.38. The topological polar surface area (TPSA) is 73.1 Å². The zero-order valence-electron chi connectivity index (χ0n) is 17.2. The van der Waals surface area contributed by atoms with E-state index in [1.807, 2.05) is 20.8 Å². The summed E-state index contributed by atoms with van der Waals surface area (Å²) >= 11 is 5.89. The van der Waals surface area contributed by atoms with Crippen LogP contribution in [0.4, 0.5) is 13.2 Å². The molecule has 0 bridgehead atoms. The Labute approximate surface area is 183 Å². The molecule has 0 unspecified atom stereocenters. The van der Waals surface area contributed by atoms with Crippen molar-refractivity contribution < 1.29 is 23.1 Å². The van der Waals surface area contributed by atoms with Gasteiger partial charge < -0.3 is 5.11 Å². The fourth-order valence-electron chi connectivity index (χ4n) is 4.54. The summed E-state index contributed by atoms with van der Waals surface area (Å²) in [4.78, 5) is 12.2. The lowest BCUT2D eigenvalue weighted by molar-refractivity contribution is -0.139. The van der Waals surface area contributed by atoms with Crippen LogP contribution in [0.25, 0.3) is 0 Å². The first-order chi connectivity index (χ1) is 14.4. The number of rotatable bonds is 4. The lowest BCUT2D eigenvalue weighted by Gasteiger charge is -2.37. The third-order valence-electron chi connectivity index (χ3n) is 5.72. The van der Waals surface area contributed by atoms with Crippen molar-refractivity contribution in [3.63, 3.8) is 0 Å². The largest absolute Gasteiger partial charge is 0.480 e. The van der Waals surface area contributed by atoms with E-state index in [1.54, 1.807) is 0 Å². The number of carbonyl (C=O) groups is 1. The van der Waals surface area contributed by atoms with E-state index in [0.29, 0.717) is 0 Å². The van der Waals surface area contributed by atoms with Crippen LogP contribution in [0, 0.1) is 34.2 Å². The van der Waals surface area contributed by atoms with Gasteiger partial charge in [-0.3, -0.25) is 10.1 Å². The van der Waals surface area contributed by atoms with Crippen LogP contribution in [-0.4, -0.2) is 23.2 Å². The maximum atomic E-state index is 15.2. The lowest BCUT2D eigenvalue weighted by atomic mass is 9.62. The zero-order valence-corrected chi connectivity index (χ0v) is 18.0. The molecule has 1 aliphatic heterocycles. The van der Waals surface area contributed by atoms with Gasteiger partial charge in [0.2, 0.25) is 0 Å². The Kier molecular flexibility index (Phi) is 6.09. The molecule has 4 atom stereocenters. The molecule has 0 spiro atoms. The number of nitriles is 1. The predicted octanol–water partition coefficient (Wildman–Crippen LogP) is 5.16. The molecule has 0 radical (unpaired) electrons. The summed E-state index contributed by atoms with van der Waals surface area (Å²) in [6.45, 7) is 5.67. The number of hydrogen-bond acceptors (Lipinski definition) is 3. The average Bonchev–Trinajstić information content (AvgIpc) is 2.97. The molecular weight excluding hydrogens is 429 g/mol. The number of benzene rings is 2. The van der Waals surface area contributed by atoms with Gasteiger partial charge in [0.15, 0.2) is 11.6 Å². The number of carboxylic acids is 1. The molecule has 1 fully saturated rings. The highest BCUT2D eigenvalue weighted by Gasteiger charge is 2.61. The standard InChI is InChI=1S/C23H22ClF3N2O2/c1-22(2,3)10-17-23(11-28,14-8-7-12(24)9-16(14)26)18(20(29-17)21(30)31)13-5-4-6-15(25)19(13)27/h4-9,17-18,20,29H,10H2,1-3H3,(H,30,31)/t17-,18-,20+,23-/m0/s1. The fraction of sp³-hybridized carbons (Fsp3) is 0.391. The monoisotopic (exact) mass is 450 g/mol. The van der Waals surface area contributed by atoms with Gasteiger partial charge in [-0.25, -0.2) is 13.2 Å². The first-order valence-electron chi connectivity index (χ1n) is 9.72. The van der Waals surface area contributed by atoms with Gasteiger partial charge in [-0.1, -0.05) is 50.6 Å². The number of nitrogens with one attached hydrogen (secondary N) is 1. The summed E-state index contributed by atoms with van der Waals surface area (Å²) in [5.74, 6) is -5.99. The van der Waals surface area contributed by atoms with Crippen molar-refractivity contribution in [2.45, 2.75) is 50.6 Å². The van der Waals surface area contributed by atoms with Gasteiger partial charge in [-0.05, 0) is 35.6 Å². The maximum absolute atomic E-state index is 15.2. The molecule has 4 nitrogen and oxygen atoms in total. The summed E-state index contributed by atoms with van der Waals surface area (Å²) in [6, 6.07) is 6.91. The Hall–Kier alpha value is -2.56. The number of nitrogens with zero attached hydrogens (tertiary/aromatic N) is 1. The molecule has 3 rings (SSSR count). The molecule has 0 aromatic heterocycles. The highest BCUT2D eigenvalue weighted by atomic mass is 35.5. The third kappa shape index (κ3) is 4.02. The molecule has 1 saturated heterocycles. The smallest absolute Gasteiger partial charge is 0.321 e. The van der Waals surface area contributed by atoms with Crippen LogP contribution < -0.4 is 5.32 Å². The van der Waals surface area contributed by atoms with E-state index in [4.69, 9.17) is 11.6 Å². The first-order valence-corrected chi connectivity index (χ1v) is 10.1. The summed E-state index contributed by atoms with van der Waals surface area (Å²) < 4.78 is 44.2. The summed E-state index contributed by atoms with van der Waals surface area (Å²) in [5, 5.41) is 23.3. The maximum Gasteiger partial charge on any atom is 0.321 e. The van der Waals surface area contributed by atoms with E-state index in [9.17, 15) is 23.9 Å². The van der Waals surface area contributed by atoms with Crippen LogP contribution >= 0.6 is 11.6 Å². The zero-order chi connectivity index (χ0) is 23.1. The van der Waals surface area contributed by atoms with Crippen LogP contribution in [0.2, 0.25) is 5.02 Å². The second-order valence-electron chi connectivity index (χ2n) is 9.03. The molecule has 0 saturated carbocycles. The third-order valence-corrected chi connectivity index (χ3v) is 5.95. The summed E-state index contributed by atoms with van der Waals surface area (Å²) in [7, 11) is 0. The Morgan fingerprint density at radius 1 is 1.23 bits per heavy atom. The molecule has 1 heterocycles. The minimum Gasteiger partial charge on any atom is -0.480 e. The van der Waals surface area contributed by atoms with E-state index in [2.05, 4.69) is 11.4 Å². The second kappa shape index (κ2) is 8.18. The SMILES string of the molecule is CC(C)(C)C[C@@H]1N[C@@H](C(=O)O)[C@H](c2cccc(F)c2F)[C@@]1(C#N)c1ccc(Cl)cc1F. The quantitative estimate of drug-likeness (QED) is 0.674. The second-order valence-corrected chi connectivity index (χ2v) is 9.46. The summed E-state index contributed by atoms with van der Waals surface area (Å²) in [5.41, 5.74) is -2.63. The highest BCUT2D eigenvalue weighted by molar-refractivity contribution is 6.30. The molecule has 0 amide bonds. The predicted molar refractivity (Wildman–Crippen MR) is 110 cm³/mol. The van der Waals surface area contributed by atoms with E-state index >= 15 is 4.39 Å². The van der Waals surface area contributed by atoms with Gasteiger partial charge in [0.05, 0.1) is 6.07 Å². The molecule has 8 heteroatoms. The Bertz CT molecular complexity index is 1060. The van der Waals surface area contributed by atoms with Gasteiger partial charge in [-0.15, -0.1) is 0 Å². The molecule has 2 N–H and O–H groups in total. The van der Waals surface area contributed by atoms with Crippen molar-refractivity contribution in [3.05, 3.63) is 70.0 Å². The molecule has 0 aliphatic carbocycles. The van der Waals surface area contributed by atoms with E-state index in [-0.39, 0.29) is 28.0 Å². The van der Waals surface area contributed by atoms with Crippen LogP contribution in [0.5, 0.6) is 0 Å². The number of carboxylic acid groups (broad SMARTS) is 1. The molecular formula is C23H22ClF3N2O2. The van der Waals surface area contributed by atoms with Gasteiger partial charge in [0.25, 0.3) is 0 Å².